The summed E-state index contributed by atoms with van der Waals surface area (Å²) in [5.41, 5.74) is 0. The topological polar surface area (TPSA) is 34.1 Å². The van der Waals surface area contributed by atoms with E-state index >= 15 is 0 Å². The van der Waals surface area contributed by atoms with Gasteiger partial charge in [-0.25, -0.2) is 12.8 Å². The second kappa shape index (κ2) is 4.97. The van der Waals surface area contributed by atoms with E-state index < -0.39 is 15.7 Å². The highest BCUT2D eigenvalue weighted by Gasteiger charge is 2.04. The third-order valence-corrected chi connectivity index (χ3v) is 2.37. The van der Waals surface area contributed by atoms with Gasteiger partial charge in [0.05, 0.1) is 4.90 Å². The van der Waals surface area contributed by atoms with Crippen LogP contribution >= 0.6 is 0 Å². The molecule has 0 atom stereocenters. The Morgan fingerprint density at radius 1 is 1.08 bits per heavy atom. The molecule has 0 amide bonds. The Hall–Kier alpha value is -0.900. The quantitative estimate of drug-likeness (QED) is 0.657. The standard InChI is InChI=1S/C7H7FO2S.C2H6/c1-11(9,10)7-4-2-6(8)3-5-7;1-2/h2-5H,1H3;1-2H3. The van der Waals surface area contributed by atoms with Gasteiger partial charge < -0.3 is 0 Å². The second-order valence-electron chi connectivity index (χ2n) is 2.23. The third-order valence-electron chi connectivity index (χ3n) is 1.24. The molecule has 0 aliphatic heterocycles. The minimum absolute atomic E-state index is 0.138. The molecule has 13 heavy (non-hydrogen) atoms. The smallest absolute Gasteiger partial charge is 0.175 e. The first-order chi connectivity index (χ1) is 6.00. The molecule has 1 rings (SSSR count). The van der Waals surface area contributed by atoms with Crippen molar-refractivity contribution in [2.75, 3.05) is 6.26 Å². The Morgan fingerprint density at radius 2 is 1.46 bits per heavy atom. The lowest BCUT2D eigenvalue weighted by Crippen LogP contribution is -1.96. The highest BCUT2D eigenvalue weighted by Crippen LogP contribution is 2.08. The van der Waals surface area contributed by atoms with Crippen LogP contribution in [0.15, 0.2) is 29.2 Å². The molecule has 0 radical (unpaired) electrons. The summed E-state index contributed by atoms with van der Waals surface area (Å²) in [5.74, 6) is -0.433. The fourth-order valence-electron chi connectivity index (χ4n) is 0.682. The fourth-order valence-corrected chi connectivity index (χ4v) is 1.31. The molecule has 0 unspecified atom stereocenters. The van der Waals surface area contributed by atoms with Crippen molar-refractivity contribution in [1.29, 1.82) is 0 Å². The number of hydrogen-bond acceptors (Lipinski definition) is 2. The molecule has 0 heterocycles. The summed E-state index contributed by atoms with van der Waals surface area (Å²) in [6.45, 7) is 4.00. The largest absolute Gasteiger partial charge is 0.224 e. The Morgan fingerprint density at radius 3 is 1.77 bits per heavy atom. The summed E-state index contributed by atoms with van der Waals surface area (Å²) in [7, 11) is -3.19. The van der Waals surface area contributed by atoms with Crippen LogP contribution in [0.5, 0.6) is 0 Å². The van der Waals surface area contributed by atoms with Gasteiger partial charge in [0.2, 0.25) is 0 Å². The summed E-state index contributed by atoms with van der Waals surface area (Å²) in [4.78, 5) is 0.138. The van der Waals surface area contributed by atoms with Crippen molar-refractivity contribution in [3.63, 3.8) is 0 Å². The maximum Gasteiger partial charge on any atom is 0.175 e. The van der Waals surface area contributed by atoms with Crippen LogP contribution in [0.25, 0.3) is 0 Å². The van der Waals surface area contributed by atoms with Gasteiger partial charge in [0.1, 0.15) is 5.82 Å². The van der Waals surface area contributed by atoms with Crippen LogP contribution in [-0.2, 0) is 9.84 Å². The first-order valence-corrected chi connectivity index (χ1v) is 5.85. The molecule has 74 valence electrons. The molecule has 0 aliphatic rings. The first-order valence-electron chi connectivity index (χ1n) is 3.96. The molecule has 0 aliphatic carbocycles. The van der Waals surface area contributed by atoms with Crippen molar-refractivity contribution in [2.24, 2.45) is 0 Å². The molecular weight excluding hydrogens is 191 g/mol. The first kappa shape index (κ1) is 12.1. The monoisotopic (exact) mass is 204 g/mol. The molecule has 4 heteroatoms. The zero-order valence-electron chi connectivity index (χ0n) is 7.91. The summed E-state index contributed by atoms with van der Waals surface area (Å²) < 4.78 is 33.9. The Kier molecular flexibility index (Phi) is 4.62. The minimum atomic E-state index is -3.19. The molecule has 0 fully saturated rings. The van der Waals surface area contributed by atoms with Gasteiger partial charge in [0.15, 0.2) is 9.84 Å². The van der Waals surface area contributed by atoms with Gasteiger partial charge in [-0.1, -0.05) is 13.8 Å². The number of sulfone groups is 1. The van der Waals surface area contributed by atoms with Gasteiger partial charge in [-0.2, -0.15) is 0 Å². The van der Waals surface area contributed by atoms with E-state index in [0.717, 1.165) is 18.4 Å². The van der Waals surface area contributed by atoms with Gasteiger partial charge in [-0.05, 0) is 24.3 Å². The zero-order valence-corrected chi connectivity index (χ0v) is 8.73. The van der Waals surface area contributed by atoms with Crippen LogP contribution in [0.4, 0.5) is 4.39 Å². The van der Waals surface area contributed by atoms with E-state index in [9.17, 15) is 12.8 Å². The molecule has 0 aromatic heterocycles. The average molecular weight is 204 g/mol. The number of rotatable bonds is 1. The van der Waals surface area contributed by atoms with Gasteiger partial charge in [-0.15, -0.1) is 0 Å². The van der Waals surface area contributed by atoms with E-state index in [1.54, 1.807) is 0 Å². The van der Waals surface area contributed by atoms with E-state index in [4.69, 9.17) is 0 Å². The SMILES string of the molecule is CC.CS(=O)(=O)c1ccc(F)cc1. The van der Waals surface area contributed by atoms with E-state index in [2.05, 4.69) is 0 Å². The molecule has 1 aromatic carbocycles. The average Bonchev–Trinajstić information content (AvgIpc) is 2.07. The van der Waals surface area contributed by atoms with Crippen molar-refractivity contribution in [2.45, 2.75) is 18.7 Å². The lowest BCUT2D eigenvalue weighted by atomic mass is 10.4. The molecular formula is C9H13FO2S. The highest BCUT2D eigenvalue weighted by molar-refractivity contribution is 7.90. The minimum Gasteiger partial charge on any atom is -0.224 e. The zero-order chi connectivity index (χ0) is 10.5. The number of halogens is 1. The van der Waals surface area contributed by atoms with Crippen molar-refractivity contribution in [3.8, 4) is 0 Å². The maximum atomic E-state index is 12.3. The van der Waals surface area contributed by atoms with Crippen molar-refractivity contribution in [3.05, 3.63) is 30.1 Å². The maximum absolute atomic E-state index is 12.3. The van der Waals surface area contributed by atoms with Crippen LogP contribution < -0.4 is 0 Å². The molecule has 2 nitrogen and oxygen atoms in total. The van der Waals surface area contributed by atoms with E-state index in [-0.39, 0.29) is 4.90 Å². The summed E-state index contributed by atoms with van der Waals surface area (Å²) in [5, 5.41) is 0. The molecule has 0 saturated heterocycles. The molecule has 0 saturated carbocycles. The molecule has 0 spiro atoms. The molecule has 1 aromatic rings. The van der Waals surface area contributed by atoms with Gasteiger partial charge in [-0.3, -0.25) is 0 Å². The van der Waals surface area contributed by atoms with Crippen LogP contribution in [-0.4, -0.2) is 14.7 Å². The Balaban J connectivity index is 0.000000671. The molecule has 0 N–H and O–H groups in total. The van der Waals surface area contributed by atoms with E-state index in [1.165, 1.54) is 12.1 Å². The van der Waals surface area contributed by atoms with Crippen LogP contribution in [0.3, 0.4) is 0 Å². The van der Waals surface area contributed by atoms with Gasteiger partial charge >= 0.3 is 0 Å². The molecule has 0 bridgehead atoms. The van der Waals surface area contributed by atoms with Crippen molar-refractivity contribution >= 4 is 9.84 Å². The van der Waals surface area contributed by atoms with Gasteiger partial charge in [0.25, 0.3) is 0 Å². The van der Waals surface area contributed by atoms with E-state index in [0.29, 0.717) is 0 Å². The lowest BCUT2D eigenvalue weighted by Gasteiger charge is -1.95. The Labute approximate surface area is 78.3 Å². The van der Waals surface area contributed by atoms with Crippen LogP contribution in [0.1, 0.15) is 13.8 Å². The lowest BCUT2D eigenvalue weighted by molar-refractivity contribution is 0.600. The second-order valence-corrected chi connectivity index (χ2v) is 4.24. The highest BCUT2D eigenvalue weighted by atomic mass is 32.2. The number of hydrogen-bond donors (Lipinski definition) is 0. The van der Waals surface area contributed by atoms with Crippen LogP contribution in [0, 0.1) is 5.82 Å². The predicted molar refractivity (Wildman–Crippen MR) is 50.9 cm³/mol. The van der Waals surface area contributed by atoms with Crippen molar-refractivity contribution < 1.29 is 12.8 Å². The van der Waals surface area contributed by atoms with Crippen LogP contribution in [0.2, 0.25) is 0 Å². The predicted octanol–water partition coefficient (Wildman–Crippen LogP) is 2.26. The summed E-state index contributed by atoms with van der Waals surface area (Å²) in [6, 6.07) is 4.72. The summed E-state index contributed by atoms with van der Waals surface area (Å²) in [6.07, 6.45) is 1.08. The summed E-state index contributed by atoms with van der Waals surface area (Å²) >= 11 is 0. The van der Waals surface area contributed by atoms with Crippen molar-refractivity contribution in [1.82, 2.24) is 0 Å². The van der Waals surface area contributed by atoms with E-state index in [1.807, 2.05) is 13.8 Å². The van der Waals surface area contributed by atoms with Gasteiger partial charge in [0, 0.05) is 6.26 Å². The Bertz CT molecular complexity index is 340. The normalized spacial score (nSPS) is 10.2. The third kappa shape index (κ3) is 4.03. The number of benzene rings is 1. The fraction of sp³-hybridized carbons (Fsp3) is 0.333.